The number of halogens is 4. The molecule has 0 spiro atoms. The Bertz CT molecular complexity index is 1670. The summed E-state index contributed by atoms with van der Waals surface area (Å²) in [6.45, 7) is 3.87. The van der Waals surface area contributed by atoms with E-state index in [-0.39, 0.29) is 17.2 Å². The van der Waals surface area contributed by atoms with Crippen LogP contribution in [0.3, 0.4) is 0 Å². The van der Waals surface area contributed by atoms with Crippen molar-refractivity contribution in [3.63, 3.8) is 0 Å². The summed E-state index contributed by atoms with van der Waals surface area (Å²) in [7, 11) is 4.57. The van der Waals surface area contributed by atoms with Gasteiger partial charge < -0.3 is 25.2 Å². The minimum absolute atomic E-state index is 0.116. The number of benzene rings is 2. The summed E-state index contributed by atoms with van der Waals surface area (Å²) in [6, 6.07) is 7.51. The van der Waals surface area contributed by atoms with Crippen LogP contribution >= 0.6 is 0 Å². The van der Waals surface area contributed by atoms with Crippen LogP contribution in [0.1, 0.15) is 42.1 Å². The summed E-state index contributed by atoms with van der Waals surface area (Å²) in [4.78, 5) is 21.7. The number of aryl methyl sites for hydroxylation is 1. The Labute approximate surface area is 265 Å². The standard InChI is InChI=1S/C33H39F4N7O2/c1-4-22-16-23(8-9-24(22)32(45)40-12-6-5-7-15-44(2,3)20-21-17-38-18-21)42-30-31-41-19-26(43(31)14-13-39-30)25-10-11-27(46-33(36)37)29(35)28(25)34/h8-11,13-14,16,19,21,33,38H,4-7,12,15,17-18,20H2,1-3H3,(H-,39,40,42,45)/p+1. The summed E-state index contributed by atoms with van der Waals surface area (Å²) in [5.74, 6) is -2.74. The maximum Gasteiger partial charge on any atom is 0.387 e. The Balaban J connectivity index is 1.21. The molecule has 0 bridgehead atoms. The number of amides is 1. The molecule has 2 aromatic carbocycles. The van der Waals surface area contributed by atoms with Crippen molar-refractivity contribution < 1.29 is 31.6 Å². The molecule has 0 aliphatic carbocycles. The molecule has 0 unspecified atom stereocenters. The second-order valence-corrected chi connectivity index (χ2v) is 12.3. The van der Waals surface area contributed by atoms with Crippen molar-refractivity contribution in [3.05, 3.63) is 71.7 Å². The fourth-order valence-corrected chi connectivity index (χ4v) is 5.85. The smallest absolute Gasteiger partial charge is 0.387 e. The fraction of sp³-hybridized carbons (Fsp3) is 0.424. The van der Waals surface area contributed by atoms with Crippen molar-refractivity contribution in [2.45, 2.75) is 39.2 Å². The number of nitrogens with one attached hydrogen (secondary N) is 3. The lowest BCUT2D eigenvalue weighted by atomic mass is 10.0. The molecule has 1 aliphatic heterocycles. The third-order valence-electron chi connectivity index (χ3n) is 8.30. The molecule has 0 atom stereocenters. The SMILES string of the molecule is CCc1cc(Nc2nccn3c(-c4ccc(OC(F)F)c(F)c4F)cnc23)ccc1C(=O)NCCCCC[N+](C)(C)CC1CNC1. The topological polar surface area (TPSA) is 92.6 Å². The van der Waals surface area contributed by atoms with Crippen molar-refractivity contribution >= 4 is 23.1 Å². The van der Waals surface area contributed by atoms with E-state index < -0.39 is 24.0 Å². The van der Waals surface area contributed by atoms with E-state index in [9.17, 15) is 22.4 Å². The Morgan fingerprint density at radius 2 is 1.91 bits per heavy atom. The van der Waals surface area contributed by atoms with Gasteiger partial charge in [0, 0.05) is 54.8 Å². The first-order valence-corrected chi connectivity index (χ1v) is 15.5. The zero-order valence-electron chi connectivity index (χ0n) is 26.3. The molecule has 5 rings (SSSR count). The summed E-state index contributed by atoms with van der Waals surface area (Å²) < 4.78 is 61.0. The van der Waals surface area contributed by atoms with Crippen LogP contribution in [-0.2, 0) is 6.42 Å². The van der Waals surface area contributed by atoms with Gasteiger partial charge in [0.05, 0.1) is 39.1 Å². The number of fused-ring (bicyclic) bond motifs is 1. The first-order valence-electron chi connectivity index (χ1n) is 15.5. The number of quaternary nitrogens is 1. The van der Waals surface area contributed by atoms with Crippen molar-refractivity contribution in [2.24, 2.45) is 5.92 Å². The predicted molar refractivity (Wildman–Crippen MR) is 168 cm³/mol. The number of unbranched alkanes of at least 4 members (excludes halogenated alkanes) is 2. The molecule has 4 aromatic rings. The molecule has 0 radical (unpaired) electrons. The molecule has 1 amide bonds. The maximum atomic E-state index is 14.9. The van der Waals surface area contributed by atoms with Crippen LogP contribution in [0.15, 0.2) is 48.9 Å². The molecule has 1 fully saturated rings. The van der Waals surface area contributed by atoms with E-state index >= 15 is 0 Å². The van der Waals surface area contributed by atoms with Gasteiger partial charge in [-0.2, -0.15) is 13.2 Å². The first-order chi connectivity index (χ1) is 22.1. The molecule has 3 heterocycles. The number of imidazole rings is 1. The van der Waals surface area contributed by atoms with Crippen LogP contribution in [0.5, 0.6) is 5.75 Å². The van der Waals surface area contributed by atoms with Gasteiger partial charge in [0.25, 0.3) is 5.91 Å². The van der Waals surface area contributed by atoms with Gasteiger partial charge in [-0.1, -0.05) is 6.92 Å². The third-order valence-corrected chi connectivity index (χ3v) is 8.30. The number of hydrogen-bond acceptors (Lipinski definition) is 6. The number of rotatable bonds is 15. The van der Waals surface area contributed by atoms with Gasteiger partial charge in [0.1, 0.15) is 0 Å². The molecule has 13 heteroatoms. The summed E-state index contributed by atoms with van der Waals surface area (Å²) >= 11 is 0. The number of aromatic nitrogens is 3. The normalized spacial score (nSPS) is 13.7. The average molecular weight is 643 g/mol. The molecular formula is C33H40F4N7O2+. The Morgan fingerprint density at radius 3 is 2.63 bits per heavy atom. The average Bonchev–Trinajstić information content (AvgIpc) is 3.44. The monoisotopic (exact) mass is 642 g/mol. The molecule has 2 aromatic heterocycles. The lowest BCUT2D eigenvalue weighted by Crippen LogP contribution is -2.53. The Hall–Kier alpha value is -4.23. The minimum atomic E-state index is -3.29. The van der Waals surface area contributed by atoms with Gasteiger partial charge in [-0.15, -0.1) is 0 Å². The van der Waals surface area contributed by atoms with Gasteiger partial charge in [-0.3, -0.25) is 9.20 Å². The van der Waals surface area contributed by atoms with Crippen LogP contribution < -0.4 is 20.7 Å². The number of hydrogen-bond donors (Lipinski definition) is 3. The lowest BCUT2D eigenvalue weighted by Gasteiger charge is -2.37. The highest BCUT2D eigenvalue weighted by Crippen LogP contribution is 2.32. The first kappa shape index (κ1) is 33.1. The highest BCUT2D eigenvalue weighted by atomic mass is 19.3. The van der Waals surface area contributed by atoms with Crippen molar-refractivity contribution in [1.29, 1.82) is 0 Å². The van der Waals surface area contributed by atoms with E-state index in [0.717, 1.165) is 67.0 Å². The molecule has 9 nitrogen and oxygen atoms in total. The lowest BCUT2D eigenvalue weighted by molar-refractivity contribution is -0.894. The van der Waals surface area contributed by atoms with Crippen LogP contribution in [-0.4, -0.2) is 78.2 Å². The van der Waals surface area contributed by atoms with Crippen molar-refractivity contribution in [1.82, 2.24) is 25.0 Å². The van der Waals surface area contributed by atoms with Gasteiger partial charge in [0.15, 0.2) is 23.0 Å². The van der Waals surface area contributed by atoms with Gasteiger partial charge >= 0.3 is 6.61 Å². The van der Waals surface area contributed by atoms with E-state index in [1.807, 2.05) is 13.0 Å². The van der Waals surface area contributed by atoms with Gasteiger partial charge in [0.2, 0.25) is 5.82 Å². The highest BCUT2D eigenvalue weighted by Gasteiger charge is 2.26. The van der Waals surface area contributed by atoms with Crippen LogP contribution in [0.4, 0.5) is 29.1 Å². The third kappa shape index (κ3) is 7.76. The summed E-state index contributed by atoms with van der Waals surface area (Å²) in [6.07, 6.45) is 8.07. The molecule has 1 saturated heterocycles. The van der Waals surface area contributed by atoms with Crippen molar-refractivity contribution in [2.75, 3.05) is 52.1 Å². The summed E-state index contributed by atoms with van der Waals surface area (Å²) in [5.41, 5.74) is 2.46. The second kappa shape index (κ2) is 14.5. The molecule has 1 aliphatic rings. The van der Waals surface area contributed by atoms with E-state index in [1.165, 1.54) is 29.5 Å². The van der Waals surface area contributed by atoms with Crippen molar-refractivity contribution in [3.8, 4) is 17.0 Å². The summed E-state index contributed by atoms with van der Waals surface area (Å²) in [5, 5.41) is 9.59. The van der Waals surface area contributed by atoms with Crippen LogP contribution in [0.25, 0.3) is 16.9 Å². The van der Waals surface area contributed by atoms with E-state index in [0.29, 0.717) is 35.7 Å². The number of ether oxygens (including phenoxy) is 1. The van der Waals surface area contributed by atoms with E-state index in [2.05, 4.69) is 44.8 Å². The Morgan fingerprint density at radius 1 is 1.11 bits per heavy atom. The second-order valence-electron chi connectivity index (χ2n) is 12.3. The number of alkyl halides is 2. The number of carbonyl (C=O) groups excluding carboxylic acids is 1. The molecule has 3 N–H and O–H groups in total. The molecule has 46 heavy (non-hydrogen) atoms. The quantitative estimate of drug-likeness (QED) is 0.0866. The van der Waals surface area contributed by atoms with E-state index in [4.69, 9.17) is 0 Å². The van der Waals surface area contributed by atoms with Gasteiger partial charge in [-0.05, 0) is 61.6 Å². The molecule has 0 saturated carbocycles. The fourth-order valence-electron chi connectivity index (χ4n) is 5.85. The largest absolute Gasteiger partial charge is 0.432 e. The number of nitrogens with zero attached hydrogens (tertiary/aromatic N) is 4. The predicted octanol–water partition coefficient (Wildman–Crippen LogP) is 5.78. The highest BCUT2D eigenvalue weighted by molar-refractivity contribution is 5.96. The molecular weight excluding hydrogens is 602 g/mol. The number of carbonyl (C=O) groups is 1. The van der Waals surface area contributed by atoms with Gasteiger partial charge in [-0.25, -0.2) is 14.4 Å². The minimum Gasteiger partial charge on any atom is -0.432 e. The number of anilines is 2. The molecule has 246 valence electrons. The van der Waals surface area contributed by atoms with Crippen LogP contribution in [0, 0.1) is 17.6 Å². The zero-order valence-corrected chi connectivity index (χ0v) is 26.3. The van der Waals surface area contributed by atoms with E-state index in [1.54, 1.807) is 12.1 Å². The van der Waals surface area contributed by atoms with Crippen LogP contribution in [0.2, 0.25) is 0 Å². The maximum absolute atomic E-state index is 14.9. The zero-order chi connectivity index (χ0) is 32.8. The Kier molecular flexibility index (Phi) is 10.4.